The van der Waals surface area contributed by atoms with Crippen LogP contribution in [0.25, 0.3) is 0 Å². The summed E-state index contributed by atoms with van der Waals surface area (Å²) in [5.74, 6) is 0.420. The van der Waals surface area contributed by atoms with Crippen LogP contribution in [0.2, 0.25) is 0 Å². The highest BCUT2D eigenvalue weighted by atomic mass is 32.2. The molecule has 30 heavy (non-hydrogen) atoms. The number of nitrogens with one attached hydrogen (secondary N) is 1. The van der Waals surface area contributed by atoms with Crippen LogP contribution < -0.4 is 10.1 Å². The average molecular weight is 438 g/mol. The second-order valence-corrected chi connectivity index (χ2v) is 8.58. The summed E-state index contributed by atoms with van der Waals surface area (Å²) in [6.07, 6.45) is 6.79. The number of hydrogen-bond acceptors (Lipinski definition) is 4. The van der Waals surface area contributed by atoms with Gasteiger partial charge in [0.1, 0.15) is 5.75 Å². The van der Waals surface area contributed by atoms with Gasteiger partial charge in [0.05, 0.1) is 11.4 Å². The lowest BCUT2D eigenvalue weighted by Gasteiger charge is -2.26. The van der Waals surface area contributed by atoms with E-state index in [-0.39, 0.29) is 11.7 Å². The quantitative estimate of drug-likeness (QED) is 0.557. The van der Waals surface area contributed by atoms with Gasteiger partial charge in [-0.2, -0.15) is 8.78 Å². The van der Waals surface area contributed by atoms with Gasteiger partial charge in [-0.3, -0.25) is 4.79 Å². The molecule has 1 heterocycles. The Morgan fingerprint density at radius 2 is 1.93 bits per heavy atom. The monoisotopic (exact) mass is 437 g/mol. The second-order valence-electron chi connectivity index (χ2n) is 7.64. The molecular formula is C22H29F2N3O2S. The largest absolute Gasteiger partial charge is 0.435 e. The fourth-order valence-electron chi connectivity index (χ4n) is 3.83. The zero-order valence-corrected chi connectivity index (χ0v) is 18.3. The Morgan fingerprint density at radius 1 is 1.23 bits per heavy atom. The SMILES string of the molecule is Cc1nc(SCC(=O)NCCc2ccc(OC(F)F)cc2)n(C2CCCCC2)c1C. The first kappa shape index (κ1) is 22.6. The molecule has 0 spiro atoms. The number of aromatic nitrogens is 2. The van der Waals surface area contributed by atoms with Crippen molar-refractivity contribution in [3.63, 3.8) is 0 Å². The van der Waals surface area contributed by atoms with Crippen molar-refractivity contribution in [1.29, 1.82) is 0 Å². The Morgan fingerprint density at radius 3 is 2.60 bits per heavy atom. The molecule has 0 radical (unpaired) electrons. The van der Waals surface area contributed by atoms with Crippen LogP contribution in [0.15, 0.2) is 29.4 Å². The molecule has 1 aromatic heterocycles. The molecule has 0 saturated heterocycles. The third-order valence-corrected chi connectivity index (χ3v) is 6.46. The van der Waals surface area contributed by atoms with E-state index >= 15 is 0 Å². The number of amides is 1. The Bertz CT molecular complexity index is 834. The average Bonchev–Trinajstić information content (AvgIpc) is 3.01. The Labute approximate surface area is 180 Å². The number of halogens is 2. The zero-order chi connectivity index (χ0) is 21.5. The molecule has 0 atom stereocenters. The molecular weight excluding hydrogens is 408 g/mol. The summed E-state index contributed by atoms with van der Waals surface area (Å²) in [5.41, 5.74) is 3.18. The summed E-state index contributed by atoms with van der Waals surface area (Å²) >= 11 is 1.49. The van der Waals surface area contributed by atoms with Gasteiger partial charge in [0, 0.05) is 18.3 Å². The van der Waals surface area contributed by atoms with Crippen molar-refractivity contribution in [1.82, 2.24) is 14.9 Å². The number of alkyl halides is 2. The number of carbonyl (C=O) groups is 1. The molecule has 1 aliphatic rings. The number of benzene rings is 1. The molecule has 5 nitrogen and oxygen atoms in total. The molecule has 2 aromatic rings. The van der Waals surface area contributed by atoms with Crippen LogP contribution in [0, 0.1) is 13.8 Å². The number of nitrogens with zero attached hydrogens (tertiary/aromatic N) is 2. The first-order chi connectivity index (χ1) is 14.4. The number of hydrogen-bond donors (Lipinski definition) is 1. The van der Waals surface area contributed by atoms with Gasteiger partial charge in [0.2, 0.25) is 5.91 Å². The maximum atomic E-state index is 12.3. The molecule has 1 aromatic carbocycles. The number of thioether (sulfide) groups is 1. The van der Waals surface area contributed by atoms with Crippen LogP contribution in [0.3, 0.4) is 0 Å². The molecule has 0 unspecified atom stereocenters. The minimum atomic E-state index is -2.83. The van der Waals surface area contributed by atoms with Gasteiger partial charge in [0.25, 0.3) is 0 Å². The first-order valence-electron chi connectivity index (χ1n) is 10.4. The van der Waals surface area contributed by atoms with Crippen LogP contribution in [0.1, 0.15) is 55.1 Å². The fourth-order valence-corrected chi connectivity index (χ4v) is 4.82. The van der Waals surface area contributed by atoms with Crippen molar-refractivity contribution in [2.45, 2.75) is 70.2 Å². The second kappa shape index (κ2) is 10.8. The molecule has 1 N–H and O–H groups in total. The van der Waals surface area contributed by atoms with Gasteiger partial charge in [-0.25, -0.2) is 4.98 Å². The van der Waals surface area contributed by atoms with Crippen LogP contribution in [0.5, 0.6) is 5.75 Å². The highest BCUT2D eigenvalue weighted by Crippen LogP contribution is 2.34. The van der Waals surface area contributed by atoms with E-state index in [1.807, 2.05) is 6.92 Å². The molecule has 8 heteroatoms. The van der Waals surface area contributed by atoms with Crippen molar-refractivity contribution in [3.05, 3.63) is 41.2 Å². The molecule has 0 bridgehead atoms. The standard InChI is InChI=1S/C22H29F2N3O2S/c1-15-16(2)27(18-6-4-3-5-7-18)22(26-15)30-14-20(28)25-13-12-17-8-10-19(11-9-17)29-21(23)24/h8-11,18,21H,3-7,12-14H2,1-2H3,(H,25,28). The number of aryl methyl sites for hydroxylation is 1. The summed E-state index contributed by atoms with van der Waals surface area (Å²) in [5, 5.41) is 3.85. The van der Waals surface area contributed by atoms with Crippen LogP contribution in [-0.2, 0) is 11.2 Å². The minimum absolute atomic E-state index is 0.0360. The summed E-state index contributed by atoms with van der Waals surface area (Å²) < 4.78 is 31.0. The zero-order valence-electron chi connectivity index (χ0n) is 17.5. The van der Waals surface area contributed by atoms with Gasteiger partial charge < -0.3 is 14.6 Å². The lowest BCUT2D eigenvalue weighted by Crippen LogP contribution is -2.27. The first-order valence-corrected chi connectivity index (χ1v) is 11.4. The molecule has 164 valence electrons. The van der Waals surface area contributed by atoms with Crippen molar-refractivity contribution < 1.29 is 18.3 Å². The van der Waals surface area contributed by atoms with Crippen LogP contribution >= 0.6 is 11.8 Å². The number of ether oxygens (including phenoxy) is 1. The topological polar surface area (TPSA) is 56.1 Å². The lowest BCUT2D eigenvalue weighted by atomic mass is 9.95. The van der Waals surface area contributed by atoms with Crippen molar-refractivity contribution in [2.24, 2.45) is 0 Å². The van der Waals surface area contributed by atoms with Crippen molar-refractivity contribution in [2.75, 3.05) is 12.3 Å². The molecule has 1 fully saturated rings. The third-order valence-electron chi connectivity index (χ3n) is 5.51. The molecule has 0 aliphatic heterocycles. The maximum absolute atomic E-state index is 12.3. The minimum Gasteiger partial charge on any atom is -0.435 e. The van der Waals surface area contributed by atoms with Gasteiger partial charge in [-0.1, -0.05) is 43.2 Å². The molecule has 1 saturated carbocycles. The van der Waals surface area contributed by atoms with E-state index in [9.17, 15) is 13.6 Å². The highest BCUT2D eigenvalue weighted by Gasteiger charge is 2.22. The van der Waals surface area contributed by atoms with E-state index in [1.54, 1.807) is 12.1 Å². The molecule has 1 aliphatic carbocycles. The maximum Gasteiger partial charge on any atom is 0.387 e. The summed E-state index contributed by atoms with van der Waals surface area (Å²) in [6, 6.07) is 6.96. The third kappa shape index (κ3) is 6.20. The van der Waals surface area contributed by atoms with E-state index in [0.29, 0.717) is 24.8 Å². The normalized spacial score (nSPS) is 14.8. The predicted molar refractivity (Wildman–Crippen MR) is 114 cm³/mol. The highest BCUT2D eigenvalue weighted by molar-refractivity contribution is 7.99. The van der Waals surface area contributed by atoms with Crippen LogP contribution in [-0.4, -0.2) is 34.4 Å². The smallest absolute Gasteiger partial charge is 0.387 e. The van der Waals surface area contributed by atoms with Gasteiger partial charge in [-0.15, -0.1) is 0 Å². The van der Waals surface area contributed by atoms with Gasteiger partial charge in [-0.05, 0) is 50.8 Å². The number of rotatable bonds is 9. The predicted octanol–water partition coefficient (Wildman–Crippen LogP) is 5.06. The Kier molecular flexibility index (Phi) is 8.13. The summed E-state index contributed by atoms with van der Waals surface area (Å²) in [6.45, 7) is 1.80. The lowest BCUT2D eigenvalue weighted by molar-refractivity contribution is -0.118. The number of carbonyl (C=O) groups excluding carboxylic acids is 1. The van der Waals surface area contributed by atoms with Crippen LogP contribution in [0.4, 0.5) is 8.78 Å². The van der Waals surface area contributed by atoms with E-state index in [0.717, 1.165) is 16.4 Å². The fraction of sp³-hybridized carbons (Fsp3) is 0.545. The Balaban J connectivity index is 1.46. The Hall–Kier alpha value is -2.09. The van der Waals surface area contributed by atoms with Crippen molar-refractivity contribution >= 4 is 17.7 Å². The van der Waals surface area contributed by atoms with Gasteiger partial charge >= 0.3 is 6.61 Å². The molecule has 1 amide bonds. The van der Waals surface area contributed by atoms with E-state index < -0.39 is 6.61 Å². The number of imidazole rings is 1. The van der Waals surface area contributed by atoms with Gasteiger partial charge in [0.15, 0.2) is 5.16 Å². The molecule has 3 rings (SSSR count). The van der Waals surface area contributed by atoms with Crippen molar-refractivity contribution in [3.8, 4) is 5.75 Å². The van der Waals surface area contributed by atoms with E-state index in [1.165, 1.54) is 61.7 Å². The summed E-state index contributed by atoms with van der Waals surface area (Å²) in [4.78, 5) is 17.0. The summed E-state index contributed by atoms with van der Waals surface area (Å²) in [7, 11) is 0. The van der Waals surface area contributed by atoms with E-state index in [4.69, 9.17) is 4.98 Å². The van der Waals surface area contributed by atoms with E-state index in [2.05, 4.69) is 21.5 Å².